The average molecular weight is 376 g/mol. The molecule has 1 aliphatic heterocycles. The number of hydrogen-bond donors (Lipinski definition) is 0. The minimum Gasteiger partial charge on any atom is -0.497 e. The van der Waals surface area contributed by atoms with Crippen molar-refractivity contribution >= 4 is 5.91 Å². The molecule has 1 fully saturated rings. The van der Waals surface area contributed by atoms with Crippen LogP contribution in [0, 0.1) is 11.6 Å². The Bertz CT molecular complexity index is 821. The lowest BCUT2D eigenvalue weighted by Gasteiger charge is -2.32. The van der Waals surface area contributed by atoms with Gasteiger partial charge in [0.05, 0.1) is 7.11 Å². The molecule has 3 rings (SSSR count). The molecule has 1 heterocycles. The zero-order valence-electron chi connectivity index (χ0n) is 15.4. The monoisotopic (exact) mass is 376 g/mol. The Labute approximate surface area is 157 Å². The molecule has 5 nitrogen and oxygen atoms in total. The van der Waals surface area contributed by atoms with Crippen LogP contribution >= 0.6 is 0 Å². The first-order chi connectivity index (χ1) is 13.0. The van der Waals surface area contributed by atoms with E-state index in [1.807, 2.05) is 7.05 Å². The molecule has 0 spiro atoms. The second-order valence-corrected chi connectivity index (χ2v) is 6.49. The van der Waals surface area contributed by atoms with Crippen molar-refractivity contribution in [1.82, 2.24) is 9.80 Å². The molecule has 27 heavy (non-hydrogen) atoms. The van der Waals surface area contributed by atoms with Gasteiger partial charge in [0, 0.05) is 43.9 Å². The maximum atomic E-state index is 14.1. The number of carbonyl (C=O) groups excluding carboxylic acids is 1. The molecule has 0 aliphatic carbocycles. The molecule has 1 aliphatic rings. The van der Waals surface area contributed by atoms with Gasteiger partial charge in [0.1, 0.15) is 23.1 Å². The van der Waals surface area contributed by atoms with Gasteiger partial charge >= 0.3 is 0 Å². The molecule has 2 aromatic carbocycles. The van der Waals surface area contributed by atoms with Crippen molar-refractivity contribution in [3.05, 3.63) is 48.0 Å². The summed E-state index contributed by atoms with van der Waals surface area (Å²) in [5.41, 5.74) is 0.708. The van der Waals surface area contributed by atoms with Crippen molar-refractivity contribution in [3.8, 4) is 22.6 Å². The standard InChI is InChI=1S/C20H22F2N2O3/c1-23-5-7-24(8-6-23)20(25)13-27-17-10-14(9-16(12-17)26-2)18-4-3-15(21)11-19(18)22/h3-4,9-12H,5-8,13H2,1-2H3. The van der Waals surface area contributed by atoms with Crippen molar-refractivity contribution in [3.63, 3.8) is 0 Å². The fraction of sp³-hybridized carbons (Fsp3) is 0.350. The first-order valence-corrected chi connectivity index (χ1v) is 8.70. The molecule has 0 aromatic heterocycles. The van der Waals surface area contributed by atoms with Crippen molar-refractivity contribution in [2.75, 3.05) is 46.9 Å². The number of nitrogens with zero attached hydrogens (tertiary/aromatic N) is 2. The normalized spacial score (nSPS) is 14.9. The van der Waals surface area contributed by atoms with E-state index >= 15 is 0 Å². The van der Waals surface area contributed by atoms with Crippen LogP contribution in [0.4, 0.5) is 8.78 Å². The van der Waals surface area contributed by atoms with Gasteiger partial charge in [-0.3, -0.25) is 4.79 Å². The quantitative estimate of drug-likeness (QED) is 0.805. The lowest BCUT2D eigenvalue weighted by molar-refractivity contribution is -0.134. The van der Waals surface area contributed by atoms with Gasteiger partial charge in [0.2, 0.25) is 0 Å². The Morgan fingerprint density at radius 2 is 1.74 bits per heavy atom. The Morgan fingerprint density at radius 1 is 1.04 bits per heavy atom. The van der Waals surface area contributed by atoms with Crippen LogP contribution < -0.4 is 9.47 Å². The van der Waals surface area contributed by atoms with Crippen molar-refractivity contribution in [1.29, 1.82) is 0 Å². The topological polar surface area (TPSA) is 42.0 Å². The lowest BCUT2D eigenvalue weighted by atomic mass is 10.0. The van der Waals surface area contributed by atoms with Crippen LogP contribution in [0.2, 0.25) is 0 Å². The van der Waals surface area contributed by atoms with Gasteiger partial charge < -0.3 is 19.3 Å². The van der Waals surface area contributed by atoms with E-state index in [4.69, 9.17) is 9.47 Å². The Kier molecular flexibility index (Phi) is 5.91. The summed E-state index contributed by atoms with van der Waals surface area (Å²) in [5, 5.41) is 0. The maximum Gasteiger partial charge on any atom is 0.260 e. The van der Waals surface area contributed by atoms with Gasteiger partial charge in [-0.15, -0.1) is 0 Å². The summed E-state index contributed by atoms with van der Waals surface area (Å²) in [4.78, 5) is 16.3. The lowest BCUT2D eigenvalue weighted by Crippen LogP contribution is -2.48. The smallest absolute Gasteiger partial charge is 0.260 e. The summed E-state index contributed by atoms with van der Waals surface area (Å²) in [6.45, 7) is 2.89. The summed E-state index contributed by atoms with van der Waals surface area (Å²) in [7, 11) is 3.50. The number of halogens is 2. The van der Waals surface area contributed by atoms with Crippen LogP contribution in [-0.2, 0) is 4.79 Å². The van der Waals surface area contributed by atoms with E-state index in [-0.39, 0.29) is 18.1 Å². The van der Waals surface area contributed by atoms with E-state index in [2.05, 4.69) is 4.90 Å². The highest BCUT2D eigenvalue weighted by Crippen LogP contribution is 2.31. The van der Waals surface area contributed by atoms with Gasteiger partial charge in [-0.2, -0.15) is 0 Å². The van der Waals surface area contributed by atoms with E-state index in [9.17, 15) is 13.6 Å². The van der Waals surface area contributed by atoms with Crippen LogP contribution in [0.25, 0.3) is 11.1 Å². The van der Waals surface area contributed by atoms with Crippen LogP contribution in [0.15, 0.2) is 36.4 Å². The molecule has 144 valence electrons. The first kappa shape index (κ1) is 19.1. The van der Waals surface area contributed by atoms with Crippen molar-refractivity contribution in [2.45, 2.75) is 0 Å². The van der Waals surface area contributed by atoms with E-state index in [1.54, 1.807) is 23.1 Å². The number of likely N-dealkylation sites (N-methyl/N-ethyl adjacent to an activating group) is 1. The predicted molar refractivity (Wildman–Crippen MR) is 97.9 cm³/mol. The highest BCUT2D eigenvalue weighted by atomic mass is 19.1. The molecule has 0 unspecified atom stereocenters. The number of piperazine rings is 1. The van der Waals surface area contributed by atoms with Crippen LogP contribution in [0.3, 0.4) is 0 Å². The molecule has 0 atom stereocenters. The highest BCUT2D eigenvalue weighted by molar-refractivity contribution is 5.78. The zero-order chi connectivity index (χ0) is 19.4. The van der Waals surface area contributed by atoms with Crippen LogP contribution in [0.1, 0.15) is 0 Å². The third-order valence-corrected chi connectivity index (χ3v) is 4.58. The Morgan fingerprint density at radius 3 is 2.41 bits per heavy atom. The third kappa shape index (κ3) is 4.74. The summed E-state index contributed by atoms with van der Waals surface area (Å²) >= 11 is 0. The zero-order valence-corrected chi connectivity index (χ0v) is 15.4. The van der Waals surface area contributed by atoms with Gasteiger partial charge in [-0.1, -0.05) is 0 Å². The predicted octanol–water partition coefficient (Wildman–Crippen LogP) is 2.79. The van der Waals surface area contributed by atoms with Gasteiger partial charge in [0.25, 0.3) is 5.91 Å². The summed E-state index contributed by atoms with van der Waals surface area (Å²) in [6.07, 6.45) is 0. The number of ether oxygens (including phenoxy) is 2. The van der Waals surface area contributed by atoms with Gasteiger partial charge in [0.15, 0.2) is 6.61 Å². The Hall–Kier alpha value is -2.67. The van der Waals surface area contributed by atoms with E-state index < -0.39 is 11.6 Å². The number of amides is 1. The number of rotatable bonds is 5. The maximum absolute atomic E-state index is 14.1. The van der Waals surface area contributed by atoms with Crippen molar-refractivity contribution in [2.24, 2.45) is 0 Å². The second kappa shape index (κ2) is 8.35. The number of benzene rings is 2. The minimum absolute atomic E-state index is 0.0968. The Balaban J connectivity index is 1.74. The molecular formula is C20H22F2N2O3. The summed E-state index contributed by atoms with van der Waals surface area (Å²) < 4.78 is 38.1. The molecule has 0 bridgehead atoms. The third-order valence-electron chi connectivity index (χ3n) is 4.58. The minimum atomic E-state index is -0.678. The highest BCUT2D eigenvalue weighted by Gasteiger charge is 2.19. The first-order valence-electron chi connectivity index (χ1n) is 8.70. The molecule has 7 heteroatoms. The average Bonchev–Trinajstić information content (AvgIpc) is 2.66. The van der Waals surface area contributed by atoms with E-state index in [0.717, 1.165) is 19.2 Å². The molecule has 1 saturated heterocycles. The van der Waals surface area contributed by atoms with E-state index in [1.165, 1.54) is 19.2 Å². The number of carbonyl (C=O) groups is 1. The molecule has 0 saturated carbocycles. The molecule has 0 N–H and O–H groups in total. The second-order valence-electron chi connectivity index (χ2n) is 6.49. The summed E-state index contributed by atoms with van der Waals surface area (Å²) in [5.74, 6) is -0.578. The van der Waals surface area contributed by atoms with Gasteiger partial charge in [-0.25, -0.2) is 8.78 Å². The number of methoxy groups -OCH3 is 1. The fourth-order valence-electron chi connectivity index (χ4n) is 2.94. The van der Waals surface area contributed by atoms with Crippen LogP contribution in [-0.4, -0.2) is 62.7 Å². The fourth-order valence-corrected chi connectivity index (χ4v) is 2.94. The largest absolute Gasteiger partial charge is 0.497 e. The molecule has 0 radical (unpaired) electrons. The molecular weight excluding hydrogens is 354 g/mol. The molecule has 2 aromatic rings. The van der Waals surface area contributed by atoms with Gasteiger partial charge in [-0.05, 0) is 36.9 Å². The number of hydrogen-bond acceptors (Lipinski definition) is 4. The molecule has 1 amide bonds. The summed E-state index contributed by atoms with van der Waals surface area (Å²) in [6, 6.07) is 8.24. The van der Waals surface area contributed by atoms with E-state index in [0.29, 0.717) is 30.2 Å². The SMILES string of the molecule is COc1cc(OCC(=O)N2CCN(C)CC2)cc(-c2ccc(F)cc2F)c1. The van der Waals surface area contributed by atoms with Crippen molar-refractivity contribution < 1.29 is 23.0 Å². The van der Waals surface area contributed by atoms with Crippen LogP contribution in [0.5, 0.6) is 11.5 Å².